The van der Waals surface area contributed by atoms with Gasteiger partial charge in [0.15, 0.2) is 0 Å². The number of carbonyl (C=O) groups excluding carboxylic acids is 1. The first-order chi connectivity index (χ1) is 14.1. The van der Waals surface area contributed by atoms with E-state index in [1.165, 1.54) is 12.8 Å². The molecule has 0 unspecified atom stereocenters. The van der Waals surface area contributed by atoms with Crippen LogP contribution in [0.5, 0.6) is 0 Å². The highest BCUT2D eigenvalue weighted by Gasteiger charge is 2.37. The van der Waals surface area contributed by atoms with Gasteiger partial charge in [-0.2, -0.15) is 0 Å². The lowest BCUT2D eigenvalue weighted by molar-refractivity contribution is -0.139. The third kappa shape index (κ3) is 5.12. The number of aromatic nitrogens is 1. The van der Waals surface area contributed by atoms with Crippen LogP contribution in [0.25, 0.3) is 11.3 Å². The number of benzene rings is 1. The summed E-state index contributed by atoms with van der Waals surface area (Å²) in [5.41, 5.74) is 2.33. The molecule has 3 N–H and O–H groups in total. The van der Waals surface area contributed by atoms with Crippen LogP contribution in [-0.2, 0) is 4.79 Å². The fraction of sp³-hybridized carbons (Fsp3) is 0.409. The molecule has 0 atom stereocenters. The van der Waals surface area contributed by atoms with Crippen molar-refractivity contribution in [2.45, 2.75) is 37.8 Å². The van der Waals surface area contributed by atoms with E-state index in [-0.39, 0.29) is 24.7 Å². The zero-order valence-electron chi connectivity index (χ0n) is 16.3. The molecule has 0 saturated heterocycles. The number of anilines is 1. The Labute approximate surface area is 170 Å². The molecular weight excluding hydrogens is 368 g/mol. The summed E-state index contributed by atoms with van der Waals surface area (Å²) in [5, 5.41) is 15.1. The predicted molar refractivity (Wildman–Crippen MR) is 111 cm³/mol. The Kier molecular flexibility index (Phi) is 5.76. The van der Waals surface area contributed by atoms with E-state index in [0.717, 1.165) is 30.6 Å². The molecule has 2 aliphatic carbocycles. The number of nitrogens with one attached hydrogen (secondary N) is 2. The van der Waals surface area contributed by atoms with Crippen LogP contribution >= 0.6 is 0 Å². The number of carboxylic acid groups (broad SMARTS) is 1. The Bertz CT molecular complexity index is 863. The lowest BCUT2D eigenvalue weighted by Gasteiger charge is -2.42. The fourth-order valence-electron chi connectivity index (χ4n) is 3.83. The summed E-state index contributed by atoms with van der Waals surface area (Å²) in [6, 6.07) is 13.4. The molecule has 2 amide bonds. The normalized spacial score (nSPS) is 20.7. The monoisotopic (exact) mass is 394 g/mol. The van der Waals surface area contributed by atoms with Gasteiger partial charge in [0.25, 0.3) is 0 Å². The fourth-order valence-corrected chi connectivity index (χ4v) is 3.83. The Morgan fingerprint density at radius 3 is 2.55 bits per heavy atom. The lowest BCUT2D eigenvalue weighted by atomic mass is 9.85. The molecule has 1 aromatic carbocycles. The average Bonchev–Trinajstić information content (AvgIpc) is 3.49. The van der Waals surface area contributed by atoms with Crippen LogP contribution in [-0.4, -0.2) is 52.2 Å². The smallest absolute Gasteiger partial charge is 0.319 e. The molecule has 0 aliphatic heterocycles. The summed E-state index contributed by atoms with van der Waals surface area (Å²) in [4.78, 5) is 30.1. The quantitative estimate of drug-likeness (QED) is 0.639. The predicted octanol–water partition coefficient (Wildman–Crippen LogP) is 3.20. The van der Waals surface area contributed by atoms with Crippen molar-refractivity contribution in [2.24, 2.45) is 5.92 Å². The molecule has 2 fully saturated rings. The van der Waals surface area contributed by atoms with Crippen molar-refractivity contribution in [1.29, 1.82) is 0 Å². The minimum absolute atomic E-state index is 0.0624. The van der Waals surface area contributed by atoms with E-state index < -0.39 is 5.97 Å². The number of amides is 2. The second-order valence-corrected chi connectivity index (χ2v) is 7.95. The summed E-state index contributed by atoms with van der Waals surface area (Å²) in [5.74, 6) is -0.142. The third-order valence-corrected chi connectivity index (χ3v) is 5.60. The first-order valence-electron chi connectivity index (χ1n) is 10.1. The maximum atomic E-state index is 12.5. The number of pyridine rings is 1. The van der Waals surface area contributed by atoms with Gasteiger partial charge in [0.2, 0.25) is 0 Å². The number of carboxylic acids is 1. The van der Waals surface area contributed by atoms with E-state index in [1.54, 1.807) is 12.3 Å². The largest absolute Gasteiger partial charge is 0.480 e. The van der Waals surface area contributed by atoms with E-state index in [0.29, 0.717) is 11.6 Å². The van der Waals surface area contributed by atoms with Gasteiger partial charge in [0, 0.05) is 30.4 Å². The zero-order valence-corrected chi connectivity index (χ0v) is 16.3. The van der Waals surface area contributed by atoms with Crippen molar-refractivity contribution < 1.29 is 14.7 Å². The molecule has 7 nitrogen and oxygen atoms in total. The van der Waals surface area contributed by atoms with Gasteiger partial charge in [-0.25, -0.2) is 4.79 Å². The summed E-state index contributed by atoms with van der Waals surface area (Å²) >= 11 is 0. The summed E-state index contributed by atoms with van der Waals surface area (Å²) < 4.78 is 0. The molecule has 29 heavy (non-hydrogen) atoms. The van der Waals surface area contributed by atoms with Gasteiger partial charge < -0.3 is 15.7 Å². The van der Waals surface area contributed by atoms with Crippen LogP contribution in [0.2, 0.25) is 0 Å². The van der Waals surface area contributed by atoms with Gasteiger partial charge >= 0.3 is 12.0 Å². The molecule has 2 saturated carbocycles. The third-order valence-electron chi connectivity index (χ3n) is 5.60. The molecule has 4 rings (SSSR count). The van der Waals surface area contributed by atoms with E-state index in [2.05, 4.69) is 20.5 Å². The SMILES string of the molecule is O=C(O)CN(CC1CC1)C1CC(NC(=O)Nc2cccnc2-c2ccccc2)C1. The van der Waals surface area contributed by atoms with Crippen molar-refractivity contribution in [3.05, 3.63) is 48.7 Å². The Balaban J connectivity index is 1.31. The van der Waals surface area contributed by atoms with Crippen molar-refractivity contribution in [3.63, 3.8) is 0 Å². The van der Waals surface area contributed by atoms with Crippen LogP contribution in [0.3, 0.4) is 0 Å². The number of hydrogen-bond acceptors (Lipinski definition) is 4. The van der Waals surface area contributed by atoms with Crippen molar-refractivity contribution in [1.82, 2.24) is 15.2 Å². The van der Waals surface area contributed by atoms with Crippen LogP contribution in [0.1, 0.15) is 25.7 Å². The van der Waals surface area contributed by atoms with Gasteiger partial charge in [-0.15, -0.1) is 0 Å². The summed E-state index contributed by atoms with van der Waals surface area (Å²) in [7, 11) is 0. The Hall–Kier alpha value is -2.93. The van der Waals surface area contributed by atoms with Gasteiger partial charge in [0.1, 0.15) is 0 Å². The van der Waals surface area contributed by atoms with Gasteiger partial charge in [-0.05, 0) is 43.7 Å². The van der Waals surface area contributed by atoms with Crippen molar-refractivity contribution >= 4 is 17.7 Å². The number of rotatable bonds is 8. The molecule has 1 aromatic heterocycles. The molecule has 0 bridgehead atoms. The van der Waals surface area contributed by atoms with Gasteiger partial charge in [-0.1, -0.05) is 30.3 Å². The highest BCUT2D eigenvalue weighted by Crippen LogP contribution is 2.34. The second-order valence-electron chi connectivity index (χ2n) is 7.95. The lowest BCUT2D eigenvalue weighted by Crippen LogP contribution is -2.55. The first-order valence-corrected chi connectivity index (χ1v) is 10.1. The van der Waals surface area contributed by atoms with E-state index in [1.807, 2.05) is 36.4 Å². The number of aliphatic carboxylic acids is 1. The van der Waals surface area contributed by atoms with Gasteiger partial charge in [0.05, 0.1) is 17.9 Å². The van der Waals surface area contributed by atoms with Crippen molar-refractivity contribution in [2.75, 3.05) is 18.4 Å². The number of urea groups is 1. The second kappa shape index (κ2) is 8.61. The standard InChI is InChI=1S/C22H26N4O3/c27-20(28)14-26(13-15-8-9-15)18-11-17(12-18)24-22(29)25-19-7-4-10-23-21(19)16-5-2-1-3-6-16/h1-7,10,15,17-18H,8-9,11-14H2,(H,27,28)(H2,24,25,29). The molecule has 2 aromatic rings. The van der Waals surface area contributed by atoms with Crippen molar-refractivity contribution in [3.8, 4) is 11.3 Å². The first kappa shape index (κ1) is 19.4. The molecule has 152 valence electrons. The topological polar surface area (TPSA) is 94.6 Å². The highest BCUT2D eigenvalue weighted by atomic mass is 16.4. The molecular formula is C22H26N4O3. The van der Waals surface area contributed by atoms with E-state index >= 15 is 0 Å². The summed E-state index contributed by atoms with van der Waals surface area (Å²) in [6.07, 6.45) is 5.67. The number of hydrogen-bond donors (Lipinski definition) is 3. The maximum absolute atomic E-state index is 12.5. The zero-order chi connectivity index (χ0) is 20.2. The van der Waals surface area contributed by atoms with Gasteiger partial charge in [-0.3, -0.25) is 14.7 Å². The van der Waals surface area contributed by atoms with E-state index in [9.17, 15) is 9.59 Å². The van der Waals surface area contributed by atoms with E-state index in [4.69, 9.17) is 5.11 Å². The average molecular weight is 394 g/mol. The van der Waals surface area contributed by atoms with Crippen LogP contribution < -0.4 is 10.6 Å². The minimum atomic E-state index is -0.787. The highest BCUT2D eigenvalue weighted by molar-refractivity contribution is 5.93. The molecule has 1 heterocycles. The molecule has 7 heteroatoms. The number of carbonyl (C=O) groups is 2. The summed E-state index contributed by atoms with van der Waals surface area (Å²) in [6.45, 7) is 0.933. The Morgan fingerprint density at radius 1 is 1.10 bits per heavy atom. The number of nitrogens with zero attached hydrogens (tertiary/aromatic N) is 2. The van der Waals surface area contributed by atoms with Crippen LogP contribution in [0.4, 0.5) is 10.5 Å². The van der Waals surface area contributed by atoms with Crippen LogP contribution in [0, 0.1) is 5.92 Å². The maximum Gasteiger partial charge on any atom is 0.319 e. The molecule has 0 radical (unpaired) electrons. The molecule has 0 spiro atoms. The minimum Gasteiger partial charge on any atom is -0.480 e. The van der Waals surface area contributed by atoms with Crippen LogP contribution in [0.15, 0.2) is 48.7 Å². The molecule has 2 aliphatic rings. The Morgan fingerprint density at radius 2 is 1.86 bits per heavy atom.